The Kier molecular flexibility index (Phi) is 4.39. The molecule has 1 unspecified atom stereocenters. The summed E-state index contributed by atoms with van der Waals surface area (Å²) < 4.78 is 5.76. The first-order valence-electron chi connectivity index (χ1n) is 7.79. The minimum Gasteiger partial charge on any atom is -0.377 e. The van der Waals surface area contributed by atoms with Crippen molar-refractivity contribution in [1.82, 2.24) is 14.9 Å². The Morgan fingerprint density at radius 1 is 1.30 bits per heavy atom. The van der Waals surface area contributed by atoms with E-state index in [9.17, 15) is 4.79 Å². The lowest BCUT2D eigenvalue weighted by Crippen LogP contribution is -2.61. The van der Waals surface area contributed by atoms with Gasteiger partial charge in [-0.3, -0.25) is 9.78 Å². The molecule has 23 heavy (non-hydrogen) atoms. The summed E-state index contributed by atoms with van der Waals surface area (Å²) in [6.07, 6.45) is 5.40. The SMILES string of the molecule is CC1(C)COCC(Cc2ccccc2)N1C(=O)c1cnccn1. The predicted octanol–water partition coefficient (Wildman–Crippen LogP) is 2.34. The summed E-state index contributed by atoms with van der Waals surface area (Å²) in [7, 11) is 0. The molecule has 0 aliphatic carbocycles. The average molecular weight is 311 g/mol. The average Bonchev–Trinajstić information content (AvgIpc) is 2.55. The standard InChI is InChI=1S/C18H21N3O2/c1-18(2)13-23-12-15(10-14-6-4-3-5-7-14)21(18)17(22)16-11-19-8-9-20-16/h3-9,11,15H,10,12-13H2,1-2H3. The van der Waals surface area contributed by atoms with E-state index in [0.717, 1.165) is 6.42 Å². The molecule has 1 aromatic carbocycles. The summed E-state index contributed by atoms with van der Waals surface area (Å²) in [4.78, 5) is 23.1. The highest BCUT2D eigenvalue weighted by Crippen LogP contribution is 2.27. The van der Waals surface area contributed by atoms with Crippen molar-refractivity contribution in [3.8, 4) is 0 Å². The first kappa shape index (κ1) is 15.6. The highest BCUT2D eigenvalue weighted by molar-refractivity contribution is 5.92. The van der Waals surface area contributed by atoms with Crippen LogP contribution in [0.5, 0.6) is 0 Å². The third-order valence-corrected chi connectivity index (χ3v) is 4.10. The normalized spacial score (nSPS) is 20.3. The van der Waals surface area contributed by atoms with Crippen molar-refractivity contribution in [2.45, 2.75) is 31.8 Å². The van der Waals surface area contributed by atoms with Crippen LogP contribution in [0.4, 0.5) is 0 Å². The van der Waals surface area contributed by atoms with Gasteiger partial charge in [-0.15, -0.1) is 0 Å². The number of rotatable bonds is 3. The highest BCUT2D eigenvalue weighted by Gasteiger charge is 2.41. The third-order valence-electron chi connectivity index (χ3n) is 4.10. The van der Waals surface area contributed by atoms with E-state index < -0.39 is 0 Å². The molecule has 1 aromatic heterocycles. The lowest BCUT2D eigenvalue weighted by atomic mass is 9.94. The molecule has 2 heterocycles. The molecule has 2 aromatic rings. The van der Waals surface area contributed by atoms with Crippen molar-refractivity contribution >= 4 is 5.91 Å². The van der Waals surface area contributed by atoms with Gasteiger partial charge in [0.2, 0.25) is 0 Å². The fourth-order valence-corrected chi connectivity index (χ4v) is 3.09. The molecule has 3 rings (SSSR count). The molecule has 1 aliphatic rings. The van der Waals surface area contributed by atoms with Gasteiger partial charge in [0.1, 0.15) is 5.69 Å². The molecular weight excluding hydrogens is 290 g/mol. The van der Waals surface area contributed by atoms with Crippen LogP contribution < -0.4 is 0 Å². The molecule has 0 radical (unpaired) electrons. The second-order valence-electron chi connectivity index (χ2n) is 6.44. The van der Waals surface area contributed by atoms with Crippen molar-refractivity contribution in [2.24, 2.45) is 0 Å². The Bertz CT molecular complexity index is 658. The Labute approximate surface area is 136 Å². The number of aromatic nitrogens is 2. The number of hydrogen-bond donors (Lipinski definition) is 0. The van der Waals surface area contributed by atoms with Crippen molar-refractivity contribution < 1.29 is 9.53 Å². The molecule has 5 nitrogen and oxygen atoms in total. The van der Waals surface area contributed by atoms with Crippen LogP contribution in [-0.2, 0) is 11.2 Å². The Hall–Kier alpha value is -2.27. The van der Waals surface area contributed by atoms with Gasteiger partial charge in [0, 0.05) is 12.4 Å². The van der Waals surface area contributed by atoms with Crippen LogP contribution in [0.2, 0.25) is 0 Å². The zero-order valence-corrected chi connectivity index (χ0v) is 13.5. The maximum atomic E-state index is 13.0. The van der Waals surface area contributed by atoms with E-state index in [0.29, 0.717) is 18.9 Å². The van der Waals surface area contributed by atoms with E-state index in [1.54, 1.807) is 12.4 Å². The second-order valence-corrected chi connectivity index (χ2v) is 6.44. The van der Waals surface area contributed by atoms with Crippen molar-refractivity contribution in [2.75, 3.05) is 13.2 Å². The number of nitrogens with zero attached hydrogens (tertiary/aromatic N) is 3. The van der Waals surface area contributed by atoms with Crippen LogP contribution >= 0.6 is 0 Å². The van der Waals surface area contributed by atoms with Gasteiger partial charge in [-0.2, -0.15) is 0 Å². The first-order valence-corrected chi connectivity index (χ1v) is 7.79. The Balaban J connectivity index is 1.89. The van der Waals surface area contributed by atoms with E-state index in [2.05, 4.69) is 22.1 Å². The van der Waals surface area contributed by atoms with Crippen LogP contribution in [0.15, 0.2) is 48.9 Å². The number of benzene rings is 1. The van der Waals surface area contributed by atoms with Gasteiger partial charge in [-0.1, -0.05) is 30.3 Å². The summed E-state index contributed by atoms with van der Waals surface area (Å²) >= 11 is 0. The predicted molar refractivity (Wildman–Crippen MR) is 87.0 cm³/mol. The number of ether oxygens (including phenoxy) is 1. The van der Waals surface area contributed by atoms with E-state index in [1.807, 2.05) is 36.9 Å². The van der Waals surface area contributed by atoms with Gasteiger partial charge in [0.25, 0.3) is 5.91 Å². The molecule has 1 atom stereocenters. The van der Waals surface area contributed by atoms with Crippen LogP contribution in [0.25, 0.3) is 0 Å². The second kappa shape index (κ2) is 6.46. The summed E-state index contributed by atoms with van der Waals surface area (Å²) in [6.45, 7) is 5.10. The lowest BCUT2D eigenvalue weighted by molar-refractivity contribution is -0.0705. The van der Waals surface area contributed by atoms with Crippen molar-refractivity contribution in [3.05, 3.63) is 60.2 Å². The molecule has 1 fully saturated rings. The molecule has 5 heteroatoms. The third kappa shape index (κ3) is 3.40. The number of morpholine rings is 1. The number of hydrogen-bond acceptors (Lipinski definition) is 4. The van der Waals surface area contributed by atoms with Gasteiger partial charge >= 0.3 is 0 Å². The van der Waals surface area contributed by atoms with E-state index in [1.165, 1.54) is 11.8 Å². The molecular formula is C18H21N3O2. The smallest absolute Gasteiger partial charge is 0.274 e. The lowest BCUT2D eigenvalue weighted by Gasteiger charge is -2.47. The molecule has 120 valence electrons. The van der Waals surface area contributed by atoms with Gasteiger partial charge < -0.3 is 9.64 Å². The highest BCUT2D eigenvalue weighted by atomic mass is 16.5. The minimum absolute atomic E-state index is 0.0179. The number of carbonyl (C=O) groups is 1. The van der Waals surface area contributed by atoms with Crippen LogP contribution in [-0.4, -0.2) is 45.6 Å². The number of amides is 1. The van der Waals surface area contributed by atoms with Gasteiger partial charge in [0.15, 0.2) is 0 Å². The summed E-state index contributed by atoms with van der Waals surface area (Å²) in [6, 6.07) is 10.2. The first-order chi connectivity index (χ1) is 11.1. The summed E-state index contributed by atoms with van der Waals surface area (Å²) in [5, 5.41) is 0. The largest absolute Gasteiger partial charge is 0.377 e. The van der Waals surface area contributed by atoms with Crippen LogP contribution in [0, 0.1) is 0 Å². The topological polar surface area (TPSA) is 55.3 Å². The Morgan fingerprint density at radius 2 is 2.09 bits per heavy atom. The minimum atomic E-state index is -0.383. The molecule has 0 bridgehead atoms. The molecule has 0 spiro atoms. The molecule has 1 amide bonds. The van der Waals surface area contributed by atoms with Gasteiger partial charge in [0.05, 0.1) is 31.0 Å². The maximum absolute atomic E-state index is 13.0. The molecule has 0 saturated carbocycles. The van der Waals surface area contributed by atoms with Gasteiger partial charge in [-0.05, 0) is 25.8 Å². The Morgan fingerprint density at radius 3 is 2.78 bits per heavy atom. The maximum Gasteiger partial charge on any atom is 0.274 e. The van der Waals surface area contributed by atoms with Crippen molar-refractivity contribution in [3.63, 3.8) is 0 Å². The molecule has 0 N–H and O–H groups in total. The summed E-state index contributed by atoms with van der Waals surface area (Å²) in [5.74, 6) is -0.0904. The van der Waals surface area contributed by atoms with Crippen molar-refractivity contribution in [1.29, 1.82) is 0 Å². The summed E-state index contributed by atoms with van der Waals surface area (Å²) in [5.41, 5.74) is 1.18. The zero-order valence-electron chi connectivity index (χ0n) is 13.5. The van der Waals surface area contributed by atoms with Gasteiger partial charge in [-0.25, -0.2) is 4.98 Å². The fraction of sp³-hybridized carbons (Fsp3) is 0.389. The van der Waals surface area contributed by atoms with Crippen LogP contribution in [0.1, 0.15) is 29.9 Å². The van der Waals surface area contributed by atoms with Crippen LogP contribution in [0.3, 0.4) is 0 Å². The molecule has 1 aliphatic heterocycles. The van der Waals surface area contributed by atoms with E-state index in [4.69, 9.17) is 4.74 Å². The zero-order chi connectivity index (χ0) is 16.3. The van der Waals surface area contributed by atoms with E-state index >= 15 is 0 Å². The quantitative estimate of drug-likeness (QED) is 0.873. The van der Waals surface area contributed by atoms with E-state index in [-0.39, 0.29) is 17.5 Å². The molecule has 1 saturated heterocycles. The number of carbonyl (C=O) groups excluding carboxylic acids is 1. The fourth-order valence-electron chi connectivity index (χ4n) is 3.09. The monoisotopic (exact) mass is 311 g/mol.